The number of H-pyrrole nitrogens is 1. The Morgan fingerprint density at radius 2 is 1.72 bits per heavy atom. The van der Waals surface area contributed by atoms with Crippen LogP contribution in [0.15, 0.2) is 52.1 Å². The molecular weight excluding hydrogens is 364 g/mol. The molecule has 148 valence electrons. The van der Waals surface area contributed by atoms with E-state index in [0.717, 1.165) is 36.7 Å². The lowest BCUT2D eigenvalue weighted by atomic mass is 10.1. The second-order valence-corrected chi connectivity index (χ2v) is 7.47. The Balaban J connectivity index is 1.76. The Hall–Kier alpha value is -3.28. The van der Waals surface area contributed by atoms with Gasteiger partial charge in [0.25, 0.3) is 5.56 Å². The van der Waals surface area contributed by atoms with E-state index in [4.69, 9.17) is 0 Å². The Morgan fingerprint density at radius 1 is 0.966 bits per heavy atom. The van der Waals surface area contributed by atoms with E-state index in [0.29, 0.717) is 12.4 Å². The highest BCUT2D eigenvalue weighted by molar-refractivity contribution is 5.80. The van der Waals surface area contributed by atoms with Crippen molar-refractivity contribution in [2.24, 2.45) is 0 Å². The van der Waals surface area contributed by atoms with Crippen LogP contribution in [0.2, 0.25) is 0 Å². The molecule has 2 aromatic carbocycles. The Labute approximate surface area is 168 Å². The molecule has 0 unspecified atom stereocenters. The highest BCUT2D eigenvalue weighted by Crippen LogP contribution is 2.23. The molecule has 4 rings (SSSR count). The van der Waals surface area contributed by atoms with Gasteiger partial charge in [-0.1, -0.05) is 49.2 Å². The van der Waals surface area contributed by atoms with Gasteiger partial charge in [-0.05, 0) is 49.4 Å². The fourth-order valence-corrected chi connectivity index (χ4v) is 3.71. The minimum atomic E-state index is -0.640. The van der Waals surface area contributed by atoms with Crippen LogP contribution in [0.3, 0.4) is 0 Å². The average Bonchev–Trinajstić information content (AvgIpc) is 2.70. The second-order valence-electron chi connectivity index (χ2n) is 7.47. The van der Waals surface area contributed by atoms with Gasteiger partial charge in [-0.15, -0.1) is 0 Å². The molecule has 0 saturated carbocycles. The van der Waals surface area contributed by atoms with Crippen molar-refractivity contribution in [3.05, 3.63) is 80.0 Å². The van der Waals surface area contributed by atoms with Gasteiger partial charge in [0, 0.05) is 6.54 Å². The summed E-state index contributed by atoms with van der Waals surface area (Å²) >= 11 is 0. The Morgan fingerprint density at radius 3 is 2.48 bits per heavy atom. The van der Waals surface area contributed by atoms with Crippen molar-refractivity contribution in [2.75, 3.05) is 0 Å². The molecule has 0 aromatic heterocycles. The number of aromatic amines is 1. The van der Waals surface area contributed by atoms with E-state index in [1.165, 1.54) is 16.7 Å². The third-order valence-electron chi connectivity index (χ3n) is 5.18. The molecule has 2 heterocycles. The highest BCUT2D eigenvalue weighted by atomic mass is 16.2. The first-order valence-electron chi connectivity index (χ1n) is 10.0. The molecule has 0 spiro atoms. The van der Waals surface area contributed by atoms with Crippen molar-refractivity contribution in [1.82, 2.24) is 19.5 Å². The molecule has 0 radical (unpaired) electrons. The van der Waals surface area contributed by atoms with Crippen LogP contribution in [-0.4, -0.2) is 19.5 Å². The summed E-state index contributed by atoms with van der Waals surface area (Å²) in [6, 6.07) is 14.6. The SMILES string of the molecule is CCCc1ccc2c(c1)nc1c(=O)[nH]c(=O)nc-1n2CCCc1ccc(C)cc1. The molecule has 6 heteroatoms. The molecule has 2 aliphatic rings. The zero-order valence-electron chi connectivity index (χ0n) is 16.7. The quantitative estimate of drug-likeness (QED) is 0.513. The smallest absolute Gasteiger partial charge is 0.322 e. The van der Waals surface area contributed by atoms with Gasteiger partial charge in [-0.3, -0.25) is 9.78 Å². The lowest BCUT2D eigenvalue weighted by molar-refractivity contribution is 0.648. The number of hydrogen-bond donors (Lipinski definition) is 1. The summed E-state index contributed by atoms with van der Waals surface area (Å²) in [4.78, 5) is 35.1. The van der Waals surface area contributed by atoms with Gasteiger partial charge in [0.15, 0.2) is 11.5 Å². The molecule has 1 N–H and O–H groups in total. The largest absolute Gasteiger partial charge is 0.349 e. The predicted octanol–water partition coefficient (Wildman–Crippen LogP) is 3.48. The van der Waals surface area contributed by atoms with Crippen molar-refractivity contribution in [1.29, 1.82) is 0 Å². The molecule has 0 bridgehead atoms. The van der Waals surface area contributed by atoms with E-state index in [1.54, 1.807) is 0 Å². The minimum Gasteiger partial charge on any atom is -0.322 e. The topological polar surface area (TPSA) is 80.6 Å². The number of nitrogens with zero attached hydrogens (tertiary/aromatic N) is 3. The molecule has 2 aromatic rings. The summed E-state index contributed by atoms with van der Waals surface area (Å²) in [6.45, 7) is 4.85. The van der Waals surface area contributed by atoms with E-state index < -0.39 is 11.2 Å². The summed E-state index contributed by atoms with van der Waals surface area (Å²) < 4.78 is 1.96. The summed E-state index contributed by atoms with van der Waals surface area (Å²) in [5.74, 6) is 0.346. The van der Waals surface area contributed by atoms with Gasteiger partial charge in [0.1, 0.15) is 0 Å². The maximum atomic E-state index is 12.4. The Kier molecular flexibility index (Phi) is 5.25. The normalized spacial score (nSPS) is 11.4. The molecule has 0 fully saturated rings. The highest BCUT2D eigenvalue weighted by Gasteiger charge is 2.18. The number of nitrogens with one attached hydrogen (secondary N) is 1. The Bertz CT molecular complexity index is 1240. The lowest BCUT2D eigenvalue weighted by Crippen LogP contribution is -2.29. The predicted molar refractivity (Wildman–Crippen MR) is 115 cm³/mol. The van der Waals surface area contributed by atoms with E-state index in [-0.39, 0.29) is 5.69 Å². The van der Waals surface area contributed by atoms with Gasteiger partial charge >= 0.3 is 5.69 Å². The van der Waals surface area contributed by atoms with Gasteiger partial charge < -0.3 is 4.57 Å². The van der Waals surface area contributed by atoms with Crippen LogP contribution >= 0.6 is 0 Å². The van der Waals surface area contributed by atoms with Crippen molar-refractivity contribution >= 4 is 11.0 Å². The monoisotopic (exact) mass is 388 g/mol. The molecule has 0 saturated heterocycles. The number of aryl methyl sites for hydroxylation is 4. The number of hydrogen-bond acceptors (Lipinski definition) is 4. The molecule has 0 aliphatic carbocycles. The van der Waals surface area contributed by atoms with Gasteiger partial charge in [-0.25, -0.2) is 9.78 Å². The van der Waals surface area contributed by atoms with Crippen LogP contribution in [0.25, 0.3) is 22.6 Å². The van der Waals surface area contributed by atoms with Gasteiger partial charge in [-0.2, -0.15) is 4.98 Å². The molecule has 29 heavy (non-hydrogen) atoms. The summed E-state index contributed by atoms with van der Waals surface area (Å²) in [6.07, 6.45) is 3.76. The molecular formula is C23H24N4O2. The standard InChI is InChI=1S/C23H24N4O2/c1-3-5-17-11-12-19-18(14-17)24-20-21(25-23(29)26-22(20)28)27(19)13-4-6-16-9-7-15(2)8-10-16/h7-12,14H,3-6,13H2,1-2H3,(H,26,28,29). The maximum Gasteiger partial charge on any atom is 0.349 e. The molecule has 6 nitrogen and oxygen atoms in total. The van der Waals surface area contributed by atoms with Gasteiger partial charge in [0.2, 0.25) is 0 Å². The summed E-state index contributed by atoms with van der Waals surface area (Å²) in [5.41, 5.74) is 4.41. The first kappa shape index (κ1) is 19.1. The van der Waals surface area contributed by atoms with Crippen LogP contribution in [0.1, 0.15) is 36.5 Å². The summed E-state index contributed by atoms with van der Waals surface area (Å²) in [7, 11) is 0. The van der Waals surface area contributed by atoms with E-state index in [9.17, 15) is 9.59 Å². The van der Waals surface area contributed by atoms with Crippen molar-refractivity contribution < 1.29 is 0 Å². The average molecular weight is 388 g/mol. The summed E-state index contributed by atoms with van der Waals surface area (Å²) in [5, 5.41) is 0. The number of benzene rings is 2. The molecule has 0 amide bonds. The van der Waals surface area contributed by atoms with Crippen LogP contribution in [0, 0.1) is 6.92 Å². The van der Waals surface area contributed by atoms with E-state index >= 15 is 0 Å². The fourth-order valence-electron chi connectivity index (χ4n) is 3.71. The van der Waals surface area contributed by atoms with Crippen LogP contribution in [0.5, 0.6) is 0 Å². The zero-order valence-corrected chi connectivity index (χ0v) is 16.7. The van der Waals surface area contributed by atoms with Crippen molar-refractivity contribution in [3.63, 3.8) is 0 Å². The lowest BCUT2D eigenvalue weighted by Gasteiger charge is -2.17. The third kappa shape index (κ3) is 3.97. The first-order valence-corrected chi connectivity index (χ1v) is 10.0. The van der Waals surface area contributed by atoms with Crippen LogP contribution < -0.4 is 11.2 Å². The van der Waals surface area contributed by atoms with Crippen LogP contribution in [-0.2, 0) is 19.4 Å². The van der Waals surface area contributed by atoms with Crippen LogP contribution in [0.4, 0.5) is 0 Å². The number of aromatic nitrogens is 4. The molecule has 2 aliphatic heterocycles. The zero-order chi connectivity index (χ0) is 20.4. The number of fused-ring (bicyclic) bond motifs is 2. The first-order chi connectivity index (χ1) is 14.0. The second kappa shape index (κ2) is 7.99. The van der Waals surface area contributed by atoms with Crippen molar-refractivity contribution in [3.8, 4) is 11.5 Å². The molecule has 0 atom stereocenters. The van der Waals surface area contributed by atoms with Crippen molar-refractivity contribution in [2.45, 2.75) is 46.1 Å². The minimum absolute atomic E-state index is 0.209. The third-order valence-corrected chi connectivity index (χ3v) is 5.18. The van der Waals surface area contributed by atoms with E-state index in [1.807, 2.05) is 16.7 Å². The number of rotatable bonds is 6. The van der Waals surface area contributed by atoms with Gasteiger partial charge in [0.05, 0.1) is 11.0 Å². The maximum absolute atomic E-state index is 12.4. The van der Waals surface area contributed by atoms with E-state index in [2.05, 4.69) is 59.1 Å². The fraction of sp³-hybridized carbons (Fsp3) is 0.304.